The molecule has 158 valence electrons. The van der Waals surface area contributed by atoms with Gasteiger partial charge in [0.15, 0.2) is 11.5 Å². The minimum absolute atomic E-state index is 0.137. The van der Waals surface area contributed by atoms with Crippen molar-refractivity contribution in [2.75, 3.05) is 0 Å². The normalized spacial score (nSPS) is 12.6. The van der Waals surface area contributed by atoms with Crippen molar-refractivity contribution in [1.82, 2.24) is 34.3 Å². The number of fused-ring (bicyclic) bond motifs is 5. The van der Waals surface area contributed by atoms with Crippen LogP contribution in [0, 0.1) is 17.0 Å². The first kappa shape index (κ1) is 19.4. The fraction of sp³-hybridized carbons (Fsp3) is 0.278. The van der Waals surface area contributed by atoms with Crippen LogP contribution in [0.4, 0.5) is 14.5 Å². The van der Waals surface area contributed by atoms with E-state index in [9.17, 15) is 18.9 Å². The van der Waals surface area contributed by atoms with Gasteiger partial charge in [-0.1, -0.05) is 0 Å². The summed E-state index contributed by atoms with van der Waals surface area (Å²) in [5, 5.41) is 20.3. The minimum Gasteiger partial charge on any atom is -0.258 e. The Morgan fingerprint density at radius 2 is 2.06 bits per heavy atom. The topological polar surface area (TPSA) is 117 Å². The van der Waals surface area contributed by atoms with Gasteiger partial charge < -0.3 is 0 Å². The van der Waals surface area contributed by atoms with Gasteiger partial charge in [0.1, 0.15) is 39.5 Å². The summed E-state index contributed by atoms with van der Waals surface area (Å²) in [6.07, 6.45) is 1.32. The highest BCUT2D eigenvalue weighted by Crippen LogP contribution is 2.37. The molecular formula is C18H14F2N8O2S. The number of aryl methyl sites for hydroxylation is 1. The van der Waals surface area contributed by atoms with Crippen LogP contribution in [0.2, 0.25) is 0 Å². The van der Waals surface area contributed by atoms with Gasteiger partial charge in [-0.05, 0) is 32.4 Å². The van der Waals surface area contributed by atoms with Gasteiger partial charge in [0.25, 0.3) is 6.43 Å². The molecule has 5 aromatic heterocycles. The Kier molecular flexibility index (Phi) is 4.02. The van der Waals surface area contributed by atoms with Crippen molar-refractivity contribution in [3.63, 3.8) is 0 Å². The van der Waals surface area contributed by atoms with E-state index in [1.54, 1.807) is 20.8 Å². The highest BCUT2D eigenvalue weighted by atomic mass is 32.1. The van der Waals surface area contributed by atoms with Crippen LogP contribution in [0.15, 0.2) is 24.8 Å². The second-order valence-corrected chi connectivity index (χ2v) is 8.53. The largest absolute Gasteiger partial charge is 0.307 e. The van der Waals surface area contributed by atoms with Crippen LogP contribution in [0.25, 0.3) is 26.1 Å². The molecule has 10 nitrogen and oxygen atoms in total. The third kappa shape index (κ3) is 2.84. The molecule has 0 saturated carbocycles. The van der Waals surface area contributed by atoms with Crippen molar-refractivity contribution in [1.29, 1.82) is 0 Å². The Bertz CT molecular complexity index is 1500. The molecule has 0 spiro atoms. The number of pyridine rings is 1. The maximum Gasteiger partial charge on any atom is 0.307 e. The Morgan fingerprint density at radius 3 is 2.74 bits per heavy atom. The van der Waals surface area contributed by atoms with Crippen molar-refractivity contribution in [2.45, 2.75) is 32.7 Å². The van der Waals surface area contributed by atoms with Crippen molar-refractivity contribution >= 4 is 43.1 Å². The van der Waals surface area contributed by atoms with Crippen LogP contribution in [-0.4, -0.2) is 39.3 Å². The molecule has 0 N–H and O–H groups in total. The van der Waals surface area contributed by atoms with E-state index in [4.69, 9.17) is 0 Å². The average molecular weight is 444 g/mol. The number of aromatic nitrogens is 7. The average Bonchev–Trinajstić information content (AvgIpc) is 3.43. The van der Waals surface area contributed by atoms with Crippen LogP contribution >= 0.6 is 11.3 Å². The fourth-order valence-corrected chi connectivity index (χ4v) is 4.61. The molecular weight excluding hydrogens is 430 g/mol. The van der Waals surface area contributed by atoms with E-state index in [2.05, 4.69) is 25.1 Å². The van der Waals surface area contributed by atoms with Gasteiger partial charge in [-0.2, -0.15) is 5.10 Å². The third-order valence-electron chi connectivity index (χ3n) is 5.11. The van der Waals surface area contributed by atoms with E-state index in [1.165, 1.54) is 45.3 Å². The molecule has 0 amide bonds. The predicted octanol–water partition coefficient (Wildman–Crippen LogP) is 4.02. The number of nitro groups is 1. The number of hydrogen-bond donors (Lipinski definition) is 0. The molecule has 0 aliphatic carbocycles. The summed E-state index contributed by atoms with van der Waals surface area (Å²) in [5.74, 6) is 0.371. The SMILES string of the molecule is Cc1cc(C(F)F)nc2sc3c(ncn4nc(C(C)(C)n5cc([N+](=O)[O-])cn5)nc34)c12. The lowest BCUT2D eigenvalue weighted by Gasteiger charge is -2.20. The summed E-state index contributed by atoms with van der Waals surface area (Å²) in [6, 6.07) is 1.37. The Morgan fingerprint density at radius 1 is 1.29 bits per heavy atom. The van der Waals surface area contributed by atoms with Crippen molar-refractivity contribution in [2.24, 2.45) is 0 Å². The number of thiophene rings is 1. The summed E-state index contributed by atoms with van der Waals surface area (Å²) in [4.78, 5) is 24.1. The van der Waals surface area contributed by atoms with E-state index in [1.807, 2.05) is 0 Å². The molecule has 0 fully saturated rings. The standard InChI is InChI=1S/C18H14F2N8O2S/c1-8-4-10(14(19)20)23-16-11(8)12-13(31-16)15-24-17(25-26(15)7-21-12)18(2,3)27-6-9(5-22-27)28(29)30/h4-7,14H,1-3H3. The molecule has 0 saturated heterocycles. The lowest BCUT2D eigenvalue weighted by atomic mass is 10.1. The van der Waals surface area contributed by atoms with Crippen LogP contribution < -0.4 is 0 Å². The summed E-state index contributed by atoms with van der Waals surface area (Å²) >= 11 is 1.22. The van der Waals surface area contributed by atoms with Crippen LogP contribution in [0.1, 0.15) is 37.4 Å². The molecule has 5 rings (SSSR count). The van der Waals surface area contributed by atoms with Gasteiger partial charge in [-0.15, -0.1) is 16.4 Å². The summed E-state index contributed by atoms with van der Waals surface area (Å²) in [7, 11) is 0. The highest BCUT2D eigenvalue weighted by molar-refractivity contribution is 7.26. The lowest BCUT2D eigenvalue weighted by molar-refractivity contribution is -0.385. The molecule has 0 unspecified atom stereocenters. The smallest absolute Gasteiger partial charge is 0.258 e. The van der Waals surface area contributed by atoms with E-state index in [0.29, 0.717) is 37.5 Å². The number of hydrogen-bond acceptors (Lipinski definition) is 8. The zero-order valence-electron chi connectivity index (χ0n) is 16.4. The molecule has 0 aromatic carbocycles. The summed E-state index contributed by atoms with van der Waals surface area (Å²) < 4.78 is 30.0. The first-order valence-electron chi connectivity index (χ1n) is 9.10. The zero-order chi connectivity index (χ0) is 22.1. The van der Waals surface area contributed by atoms with Gasteiger partial charge in [-0.25, -0.2) is 28.2 Å². The number of rotatable bonds is 4. The van der Waals surface area contributed by atoms with Crippen molar-refractivity contribution in [3.8, 4) is 0 Å². The molecule has 0 atom stereocenters. The Labute approximate surface area is 176 Å². The predicted molar refractivity (Wildman–Crippen MR) is 108 cm³/mol. The van der Waals surface area contributed by atoms with Gasteiger partial charge in [0, 0.05) is 5.39 Å². The van der Waals surface area contributed by atoms with Gasteiger partial charge >= 0.3 is 5.69 Å². The maximum absolute atomic E-state index is 13.2. The number of halogens is 2. The van der Waals surface area contributed by atoms with Crippen molar-refractivity contribution < 1.29 is 13.7 Å². The van der Waals surface area contributed by atoms with Gasteiger partial charge in [-0.3, -0.25) is 14.8 Å². The number of nitrogens with zero attached hydrogens (tertiary/aromatic N) is 8. The third-order valence-corrected chi connectivity index (χ3v) is 6.18. The molecule has 13 heteroatoms. The van der Waals surface area contributed by atoms with Crippen LogP contribution in [-0.2, 0) is 5.54 Å². The van der Waals surface area contributed by atoms with E-state index >= 15 is 0 Å². The molecule has 0 bridgehead atoms. The molecule has 31 heavy (non-hydrogen) atoms. The zero-order valence-corrected chi connectivity index (χ0v) is 17.3. The maximum atomic E-state index is 13.2. The van der Waals surface area contributed by atoms with E-state index in [-0.39, 0.29) is 11.4 Å². The summed E-state index contributed by atoms with van der Waals surface area (Å²) in [5.41, 5.74) is 0.464. The number of alkyl halides is 2. The monoisotopic (exact) mass is 444 g/mol. The quantitative estimate of drug-likeness (QED) is 0.303. The second kappa shape index (κ2) is 6.44. The molecule has 5 heterocycles. The first-order valence-corrected chi connectivity index (χ1v) is 9.91. The van der Waals surface area contributed by atoms with E-state index < -0.39 is 16.9 Å². The lowest BCUT2D eigenvalue weighted by Crippen LogP contribution is -2.29. The van der Waals surface area contributed by atoms with Crippen molar-refractivity contribution in [3.05, 3.63) is 52.0 Å². The second-order valence-electron chi connectivity index (χ2n) is 7.53. The summed E-state index contributed by atoms with van der Waals surface area (Å²) in [6.45, 7) is 5.32. The Balaban J connectivity index is 1.71. The van der Waals surface area contributed by atoms with Gasteiger partial charge in [0.05, 0.1) is 10.4 Å². The van der Waals surface area contributed by atoms with Crippen LogP contribution in [0.5, 0.6) is 0 Å². The highest BCUT2D eigenvalue weighted by Gasteiger charge is 2.31. The fourth-order valence-electron chi connectivity index (χ4n) is 3.42. The van der Waals surface area contributed by atoms with E-state index in [0.717, 1.165) is 0 Å². The minimum atomic E-state index is -2.67. The van der Waals surface area contributed by atoms with Crippen LogP contribution in [0.3, 0.4) is 0 Å². The molecule has 0 radical (unpaired) electrons. The Hall–Kier alpha value is -3.61. The van der Waals surface area contributed by atoms with Gasteiger partial charge in [0.2, 0.25) is 0 Å². The molecule has 0 aliphatic heterocycles. The molecule has 5 aromatic rings. The first-order chi connectivity index (χ1) is 14.7. The molecule has 0 aliphatic rings.